The van der Waals surface area contributed by atoms with Crippen molar-refractivity contribution in [1.82, 2.24) is 0 Å². The van der Waals surface area contributed by atoms with Crippen LogP contribution < -0.4 is 4.74 Å². The van der Waals surface area contributed by atoms with Crippen molar-refractivity contribution < 1.29 is 35.9 Å². The van der Waals surface area contributed by atoms with Gasteiger partial charge in [0.15, 0.2) is 12.4 Å². The lowest BCUT2D eigenvalue weighted by molar-refractivity contribution is -0.138. The molecule has 0 aliphatic carbocycles. The van der Waals surface area contributed by atoms with Crippen LogP contribution in [-0.2, 0) is 17.1 Å². The van der Waals surface area contributed by atoms with Gasteiger partial charge in [-0.2, -0.15) is 26.3 Å². The van der Waals surface area contributed by atoms with Gasteiger partial charge in [-0.3, -0.25) is 4.79 Å². The number of hydrogen-bond donors (Lipinski definition) is 0. The Bertz CT molecular complexity index is 704. The van der Waals surface area contributed by atoms with Gasteiger partial charge in [0.1, 0.15) is 5.75 Å². The summed E-state index contributed by atoms with van der Waals surface area (Å²) in [7, 11) is 0. The summed E-state index contributed by atoms with van der Waals surface area (Å²) < 4.78 is 80.6. The molecule has 0 fully saturated rings. The molecule has 0 saturated heterocycles. The predicted molar refractivity (Wildman–Crippen MR) is 72.3 cm³/mol. The maximum absolute atomic E-state index is 12.7. The van der Waals surface area contributed by atoms with E-state index in [0.717, 1.165) is 42.5 Å². The third-order valence-electron chi connectivity index (χ3n) is 3.11. The van der Waals surface area contributed by atoms with Crippen LogP contribution in [0.4, 0.5) is 26.3 Å². The number of carbonyl (C=O) groups is 1. The lowest BCUT2D eigenvalue weighted by atomic mass is 10.1. The second-order valence-electron chi connectivity index (χ2n) is 4.82. The van der Waals surface area contributed by atoms with Gasteiger partial charge in [-0.25, -0.2) is 0 Å². The summed E-state index contributed by atoms with van der Waals surface area (Å²) in [5.41, 5.74) is -1.92. The molecule has 24 heavy (non-hydrogen) atoms. The molecule has 0 radical (unpaired) electrons. The molecule has 2 rings (SSSR count). The van der Waals surface area contributed by atoms with Crippen molar-refractivity contribution in [3.05, 3.63) is 65.2 Å². The lowest BCUT2D eigenvalue weighted by Crippen LogP contribution is -2.12. The minimum absolute atomic E-state index is 0.0558. The third kappa shape index (κ3) is 4.27. The van der Waals surface area contributed by atoms with Crippen LogP contribution in [0.3, 0.4) is 0 Å². The standard InChI is InChI=1S/C16H10F6O2/c17-15(18,19)11-4-6-13(7-5-11)24-14(9-23)10-2-1-3-12(8-10)16(20,21)22/h1-9,14H. The minimum atomic E-state index is -4.59. The molecule has 0 N–H and O–H groups in total. The van der Waals surface area contributed by atoms with Crippen LogP contribution in [-0.4, -0.2) is 6.29 Å². The quantitative estimate of drug-likeness (QED) is 0.571. The molecule has 2 aromatic rings. The zero-order valence-corrected chi connectivity index (χ0v) is 11.9. The first-order chi connectivity index (χ1) is 11.1. The van der Waals surface area contributed by atoms with E-state index in [1.807, 2.05) is 0 Å². The van der Waals surface area contributed by atoms with Crippen LogP contribution in [0.2, 0.25) is 0 Å². The summed E-state index contributed by atoms with van der Waals surface area (Å²) in [6.07, 6.45) is -10.2. The van der Waals surface area contributed by atoms with Crippen LogP contribution in [0.15, 0.2) is 48.5 Å². The summed E-state index contributed by atoms with van der Waals surface area (Å²) in [5, 5.41) is 0. The Kier molecular flexibility index (Phi) is 4.86. The summed E-state index contributed by atoms with van der Waals surface area (Å²) in [6, 6.07) is 7.46. The fourth-order valence-electron chi connectivity index (χ4n) is 1.94. The number of carbonyl (C=O) groups excluding carboxylic acids is 1. The minimum Gasteiger partial charge on any atom is -0.478 e. The lowest BCUT2D eigenvalue weighted by Gasteiger charge is -2.16. The van der Waals surface area contributed by atoms with Crippen molar-refractivity contribution in [2.45, 2.75) is 18.5 Å². The number of halogens is 6. The number of aldehydes is 1. The van der Waals surface area contributed by atoms with E-state index in [2.05, 4.69) is 0 Å². The predicted octanol–water partition coefficient (Wildman–Crippen LogP) is 5.04. The van der Waals surface area contributed by atoms with Crippen LogP contribution in [0.1, 0.15) is 22.8 Å². The normalized spacial score (nSPS) is 13.4. The highest BCUT2D eigenvalue weighted by molar-refractivity contribution is 5.61. The summed E-state index contributed by atoms with van der Waals surface area (Å²) >= 11 is 0. The van der Waals surface area contributed by atoms with Gasteiger partial charge in [0.2, 0.25) is 0 Å². The average Bonchev–Trinajstić information content (AvgIpc) is 2.51. The van der Waals surface area contributed by atoms with Gasteiger partial charge in [0.25, 0.3) is 0 Å². The molecule has 1 unspecified atom stereocenters. The number of ether oxygens (including phenoxy) is 1. The number of benzene rings is 2. The SMILES string of the molecule is O=CC(Oc1ccc(C(F)(F)F)cc1)c1cccc(C(F)(F)F)c1. The molecule has 8 heteroatoms. The molecule has 0 spiro atoms. The third-order valence-corrected chi connectivity index (χ3v) is 3.11. The highest BCUT2D eigenvalue weighted by Crippen LogP contribution is 2.33. The second kappa shape index (κ2) is 6.54. The van der Waals surface area contributed by atoms with E-state index in [9.17, 15) is 31.1 Å². The molecule has 0 heterocycles. The molecule has 0 saturated carbocycles. The molecule has 2 nitrogen and oxygen atoms in total. The average molecular weight is 348 g/mol. The van der Waals surface area contributed by atoms with Gasteiger partial charge < -0.3 is 4.74 Å². The maximum atomic E-state index is 12.7. The number of rotatable bonds is 4. The molecule has 1 atom stereocenters. The zero-order valence-electron chi connectivity index (χ0n) is 11.9. The van der Waals surface area contributed by atoms with Crippen molar-refractivity contribution in [1.29, 1.82) is 0 Å². The molecular formula is C16H10F6O2. The van der Waals surface area contributed by atoms with Crippen molar-refractivity contribution in [2.75, 3.05) is 0 Å². The highest BCUT2D eigenvalue weighted by atomic mass is 19.4. The molecule has 128 valence electrons. The van der Waals surface area contributed by atoms with Gasteiger partial charge in [-0.1, -0.05) is 12.1 Å². The van der Waals surface area contributed by atoms with Gasteiger partial charge >= 0.3 is 12.4 Å². The molecule has 2 aromatic carbocycles. The number of alkyl halides is 6. The van der Waals surface area contributed by atoms with E-state index < -0.39 is 29.6 Å². The first-order valence-electron chi connectivity index (χ1n) is 6.57. The van der Waals surface area contributed by atoms with Crippen molar-refractivity contribution in [2.24, 2.45) is 0 Å². The van der Waals surface area contributed by atoms with Crippen LogP contribution in [0.5, 0.6) is 5.75 Å². The Balaban J connectivity index is 2.22. The van der Waals surface area contributed by atoms with Crippen molar-refractivity contribution in [3.8, 4) is 5.75 Å². The van der Waals surface area contributed by atoms with Gasteiger partial charge in [-0.05, 0) is 36.4 Å². The molecular weight excluding hydrogens is 338 g/mol. The smallest absolute Gasteiger partial charge is 0.416 e. The molecule has 0 aliphatic rings. The Hall–Kier alpha value is -2.51. The van der Waals surface area contributed by atoms with Crippen LogP contribution >= 0.6 is 0 Å². The zero-order chi connectivity index (χ0) is 18.0. The monoisotopic (exact) mass is 348 g/mol. The van der Waals surface area contributed by atoms with E-state index >= 15 is 0 Å². The molecule has 0 aromatic heterocycles. The topological polar surface area (TPSA) is 26.3 Å². The van der Waals surface area contributed by atoms with Gasteiger partial charge in [0, 0.05) is 5.56 Å². The van der Waals surface area contributed by atoms with E-state index in [1.54, 1.807) is 0 Å². The van der Waals surface area contributed by atoms with Gasteiger partial charge in [-0.15, -0.1) is 0 Å². The van der Waals surface area contributed by atoms with E-state index in [1.165, 1.54) is 6.07 Å². The van der Waals surface area contributed by atoms with Crippen LogP contribution in [0.25, 0.3) is 0 Å². The summed E-state index contributed by atoms with van der Waals surface area (Å²) in [5.74, 6) is -0.0717. The molecule has 0 amide bonds. The molecule has 0 bridgehead atoms. The van der Waals surface area contributed by atoms with E-state index in [-0.39, 0.29) is 17.6 Å². The maximum Gasteiger partial charge on any atom is 0.416 e. The number of hydrogen-bond acceptors (Lipinski definition) is 2. The van der Waals surface area contributed by atoms with E-state index in [4.69, 9.17) is 4.74 Å². The Morgan fingerprint density at radius 1 is 0.833 bits per heavy atom. The Labute approximate surface area is 132 Å². The largest absolute Gasteiger partial charge is 0.478 e. The van der Waals surface area contributed by atoms with Crippen molar-refractivity contribution >= 4 is 6.29 Å². The summed E-state index contributed by atoms with van der Waals surface area (Å²) in [6.45, 7) is 0. The first-order valence-corrected chi connectivity index (χ1v) is 6.57. The highest BCUT2D eigenvalue weighted by Gasteiger charge is 2.32. The van der Waals surface area contributed by atoms with Gasteiger partial charge in [0.05, 0.1) is 11.1 Å². The fraction of sp³-hybridized carbons (Fsp3) is 0.188. The Morgan fingerprint density at radius 3 is 1.92 bits per heavy atom. The van der Waals surface area contributed by atoms with Crippen molar-refractivity contribution in [3.63, 3.8) is 0 Å². The Morgan fingerprint density at radius 2 is 1.42 bits per heavy atom. The second-order valence-corrected chi connectivity index (χ2v) is 4.82. The first kappa shape index (κ1) is 17.8. The molecule has 0 aliphatic heterocycles. The fourth-order valence-corrected chi connectivity index (χ4v) is 1.94. The van der Waals surface area contributed by atoms with Crippen LogP contribution in [0, 0.1) is 0 Å². The van der Waals surface area contributed by atoms with E-state index in [0.29, 0.717) is 0 Å². The summed E-state index contributed by atoms with van der Waals surface area (Å²) in [4.78, 5) is 11.1.